The molecule has 2 N–H and O–H groups in total. The number of nitro benzene ring substituents is 1. The molecule has 0 aromatic heterocycles. The Kier molecular flexibility index (Phi) is 13.4. The molecule has 1 aliphatic heterocycles. The lowest BCUT2D eigenvalue weighted by atomic mass is 10.1. The van der Waals surface area contributed by atoms with Gasteiger partial charge < -0.3 is 34.5 Å². The van der Waals surface area contributed by atoms with E-state index < -0.39 is 17.0 Å². The fourth-order valence-corrected chi connectivity index (χ4v) is 3.67. The van der Waals surface area contributed by atoms with Crippen molar-refractivity contribution in [2.45, 2.75) is 19.8 Å². The molecule has 0 spiro atoms. The van der Waals surface area contributed by atoms with Crippen molar-refractivity contribution in [3.8, 4) is 0 Å². The molecule has 1 aromatic rings. The number of primary amides is 1. The van der Waals surface area contributed by atoms with E-state index in [4.69, 9.17) is 19.9 Å². The summed E-state index contributed by atoms with van der Waals surface area (Å²) in [4.78, 5) is 61.6. The number of nitrogens with two attached hydrogens (primary N) is 1. The minimum Gasteiger partial charge on any atom is -0.463 e. The van der Waals surface area contributed by atoms with Crippen LogP contribution in [-0.4, -0.2) is 104 Å². The van der Waals surface area contributed by atoms with Crippen LogP contribution in [0.3, 0.4) is 0 Å². The zero-order valence-corrected chi connectivity index (χ0v) is 21.9. The van der Waals surface area contributed by atoms with Crippen LogP contribution < -0.4 is 5.73 Å². The fraction of sp³-hybridized carbons (Fsp3) is 0.520. The van der Waals surface area contributed by atoms with Gasteiger partial charge in [0.05, 0.1) is 43.3 Å². The van der Waals surface area contributed by atoms with Gasteiger partial charge in [0, 0.05) is 44.2 Å². The maximum atomic E-state index is 12.9. The standard InChI is InChI=1S/C25H34N4O10/c1-2-3-19-4-5-20(18-21(19)29(34)35)24(32)28-10-8-27(9-11-28)22(30)6-7-23(31)38-16-14-36-12-13-37-15-17-39-25(26)33/h2-5,18H,6-17H2,1H3,(H2,26,33)/b3-2+. The lowest BCUT2D eigenvalue weighted by Crippen LogP contribution is -2.50. The lowest BCUT2D eigenvalue weighted by molar-refractivity contribution is -0.385. The van der Waals surface area contributed by atoms with E-state index in [1.54, 1.807) is 34.9 Å². The third kappa shape index (κ3) is 11.1. The van der Waals surface area contributed by atoms with Gasteiger partial charge in [0.2, 0.25) is 5.91 Å². The molecule has 0 saturated carbocycles. The number of piperazine rings is 1. The van der Waals surface area contributed by atoms with Crippen molar-refractivity contribution >= 4 is 35.6 Å². The SMILES string of the molecule is C/C=C/c1ccc(C(=O)N2CCN(C(=O)CCC(=O)OCCOCCOCCOC(N)=O)CC2)cc1[N+](=O)[O-]. The van der Waals surface area contributed by atoms with Crippen molar-refractivity contribution in [1.82, 2.24) is 9.80 Å². The maximum Gasteiger partial charge on any atom is 0.404 e. The number of rotatable bonds is 15. The summed E-state index contributed by atoms with van der Waals surface area (Å²) in [5, 5.41) is 11.4. The predicted molar refractivity (Wildman–Crippen MR) is 138 cm³/mol. The summed E-state index contributed by atoms with van der Waals surface area (Å²) in [6.07, 6.45) is 2.32. The van der Waals surface area contributed by atoms with Crippen LogP contribution in [0.4, 0.5) is 10.5 Å². The van der Waals surface area contributed by atoms with Crippen LogP contribution in [0.1, 0.15) is 35.7 Å². The molecule has 1 fully saturated rings. The van der Waals surface area contributed by atoms with E-state index in [-0.39, 0.29) is 88.6 Å². The molecule has 2 rings (SSSR count). The Balaban J connectivity index is 1.63. The van der Waals surface area contributed by atoms with Crippen LogP contribution in [0.25, 0.3) is 6.08 Å². The molecule has 214 valence electrons. The predicted octanol–water partition coefficient (Wildman–Crippen LogP) is 1.36. The first-order valence-electron chi connectivity index (χ1n) is 12.4. The van der Waals surface area contributed by atoms with Gasteiger partial charge in [-0.1, -0.05) is 12.2 Å². The quantitative estimate of drug-likeness (QED) is 0.145. The first-order chi connectivity index (χ1) is 18.7. The van der Waals surface area contributed by atoms with Gasteiger partial charge in [-0.25, -0.2) is 4.79 Å². The number of hydrogen-bond donors (Lipinski definition) is 1. The average Bonchev–Trinajstić information content (AvgIpc) is 2.92. The Bertz CT molecular complexity index is 1040. The van der Waals surface area contributed by atoms with Crippen LogP contribution >= 0.6 is 0 Å². The fourth-order valence-electron chi connectivity index (χ4n) is 3.67. The van der Waals surface area contributed by atoms with E-state index in [1.165, 1.54) is 12.1 Å². The van der Waals surface area contributed by atoms with E-state index in [1.807, 2.05) is 0 Å². The summed E-state index contributed by atoms with van der Waals surface area (Å²) in [5.74, 6) is -1.09. The summed E-state index contributed by atoms with van der Waals surface area (Å²) in [6, 6.07) is 4.36. The molecule has 3 amide bonds. The van der Waals surface area contributed by atoms with Crippen LogP contribution in [0.15, 0.2) is 24.3 Å². The molecule has 1 heterocycles. The normalized spacial score (nSPS) is 13.4. The molecule has 0 atom stereocenters. The van der Waals surface area contributed by atoms with Crippen molar-refractivity contribution in [3.05, 3.63) is 45.5 Å². The summed E-state index contributed by atoms with van der Waals surface area (Å²) in [5.41, 5.74) is 5.29. The van der Waals surface area contributed by atoms with Gasteiger partial charge in [-0.05, 0) is 19.1 Å². The van der Waals surface area contributed by atoms with Crippen molar-refractivity contribution in [2.75, 3.05) is 65.8 Å². The molecule has 0 radical (unpaired) electrons. The number of benzene rings is 1. The molecular weight excluding hydrogens is 516 g/mol. The van der Waals surface area contributed by atoms with Crippen LogP contribution in [0.2, 0.25) is 0 Å². The molecule has 14 heteroatoms. The molecule has 0 unspecified atom stereocenters. The van der Waals surface area contributed by atoms with Crippen molar-refractivity contribution < 1.29 is 43.0 Å². The van der Waals surface area contributed by atoms with Crippen LogP contribution in [0.5, 0.6) is 0 Å². The number of esters is 1. The van der Waals surface area contributed by atoms with Gasteiger partial charge in [0.25, 0.3) is 11.6 Å². The third-order valence-electron chi connectivity index (χ3n) is 5.62. The first-order valence-corrected chi connectivity index (χ1v) is 12.4. The molecular formula is C25H34N4O10. The number of allylic oxidation sites excluding steroid dienone is 1. The molecule has 39 heavy (non-hydrogen) atoms. The third-order valence-corrected chi connectivity index (χ3v) is 5.62. The van der Waals surface area contributed by atoms with Crippen LogP contribution in [0, 0.1) is 10.1 Å². The molecule has 14 nitrogen and oxygen atoms in total. The molecule has 1 aromatic carbocycles. The number of hydrogen-bond acceptors (Lipinski definition) is 10. The second kappa shape index (κ2) is 16.7. The zero-order valence-electron chi connectivity index (χ0n) is 21.9. The highest BCUT2D eigenvalue weighted by molar-refractivity contribution is 5.95. The van der Waals surface area contributed by atoms with Gasteiger partial charge in [0.1, 0.15) is 13.2 Å². The summed E-state index contributed by atoms with van der Waals surface area (Å²) < 4.78 is 19.9. The van der Waals surface area contributed by atoms with E-state index in [0.717, 1.165) is 0 Å². The van der Waals surface area contributed by atoms with Gasteiger partial charge in [0.15, 0.2) is 0 Å². The monoisotopic (exact) mass is 550 g/mol. The van der Waals surface area contributed by atoms with Crippen molar-refractivity contribution in [1.29, 1.82) is 0 Å². The van der Waals surface area contributed by atoms with E-state index in [2.05, 4.69) is 4.74 Å². The van der Waals surface area contributed by atoms with E-state index in [0.29, 0.717) is 18.7 Å². The van der Waals surface area contributed by atoms with E-state index in [9.17, 15) is 29.3 Å². The topological polar surface area (TPSA) is 181 Å². The highest BCUT2D eigenvalue weighted by atomic mass is 16.6. The van der Waals surface area contributed by atoms with Crippen LogP contribution in [-0.2, 0) is 28.5 Å². The van der Waals surface area contributed by atoms with Gasteiger partial charge in [-0.3, -0.25) is 24.5 Å². The minimum atomic E-state index is -0.869. The number of ether oxygens (including phenoxy) is 4. The number of nitrogens with zero attached hydrogens (tertiary/aromatic N) is 3. The molecule has 0 aliphatic carbocycles. The Morgan fingerprint density at radius 3 is 2.10 bits per heavy atom. The smallest absolute Gasteiger partial charge is 0.404 e. The first kappa shape index (κ1) is 31.2. The Morgan fingerprint density at radius 1 is 0.923 bits per heavy atom. The highest BCUT2D eigenvalue weighted by Gasteiger charge is 2.26. The van der Waals surface area contributed by atoms with Gasteiger partial charge in [-0.15, -0.1) is 0 Å². The largest absolute Gasteiger partial charge is 0.463 e. The summed E-state index contributed by atoms with van der Waals surface area (Å²) in [6.45, 7) is 3.87. The number of amides is 3. The number of carbonyl (C=O) groups excluding carboxylic acids is 4. The highest BCUT2D eigenvalue weighted by Crippen LogP contribution is 2.23. The van der Waals surface area contributed by atoms with Crippen molar-refractivity contribution in [2.24, 2.45) is 5.73 Å². The Hall–Kier alpha value is -4.04. The molecule has 1 saturated heterocycles. The average molecular weight is 551 g/mol. The van der Waals surface area contributed by atoms with Gasteiger partial charge >= 0.3 is 12.1 Å². The second-order valence-electron chi connectivity index (χ2n) is 8.32. The Labute approximate surface area is 225 Å². The molecule has 1 aliphatic rings. The maximum absolute atomic E-state index is 12.9. The molecule has 0 bridgehead atoms. The Morgan fingerprint density at radius 2 is 1.51 bits per heavy atom. The zero-order chi connectivity index (χ0) is 28.6. The van der Waals surface area contributed by atoms with E-state index >= 15 is 0 Å². The van der Waals surface area contributed by atoms with Gasteiger partial charge in [-0.2, -0.15) is 0 Å². The summed E-state index contributed by atoms with van der Waals surface area (Å²) >= 11 is 0. The number of carbonyl (C=O) groups is 4. The lowest BCUT2D eigenvalue weighted by Gasteiger charge is -2.34. The number of nitro groups is 1. The second-order valence-corrected chi connectivity index (χ2v) is 8.32. The minimum absolute atomic E-state index is 0.0204. The summed E-state index contributed by atoms with van der Waals surface area (Å²) in [7, 11) is 0. The van der Waals surface area contributed by atoms with Crippen molar-refractivity contribution in [3.63, 3.8) is 0 Å².